The van der Waals surface area contributed by atoms with Crippen LogP contribution in [-0.4, -0.2) is 30.5 Å². The van der Waals surface area contributed by atoms with Crippen LogP contribution in [0.4, 0.5) is 11.4 Å². The van der Waals surface area contributed by atoms with Gasteiger partial charge in [-0.25, -0.2) is 0 Å². The van der Waals surface area contributed by atoms with Crippen LogP contribution < -0.4 is 10.2 Å². The van der Waals surface area contributed by atoms with Gasteiger partial charge in [-0.15, -0.1) is 0 Å². The largest absolute Gasteiger partial charge is 0.327 e. The van der Waals surface area contributed by atoms with Crippen LogP contribution in [0.15, 0.2) is 18.2 Å². The van der Waals surface area contributed by atoms with Gasteiger partial charge < -0.3 is 10.2 Å². The van der Waals surface area contributed by atoms with Crippen LogP contribution in [0, 0.1) is 10.1 Å². The highest BCUT2D eigenvalue weighted by Crippen LogP contribution is 2.27. The molecule has 0 aromatic heterocycles. The molecule has 22 heavy (non-hydrogen) atoms. The summed E-state index contributed by atoms with van der Waals surface area (Å²) < 4.78 is 0. The quantitative estimate of drug-likeness (QED) is 0.642. The van der Waals surface area contributed by atoms with E-state index in [1.54, 1.807) is 6.07 Å². The van der Waals surface area contributed by atoms with E-state index in [-0.39, 0.29) is 16.6 Å². The number of halogens is 1. The second-order valence-corrected chi connectivity index (χ2v) is 6.24. The summed E-state index contributed by atoms with van der Waals surface area (Å²) in [5.41, 5.74) is 0.199. The molecule has 2 N–H and O–H groups in total. The number of benzene rings is 1. The third kappa shape index (κ3) is 4.42. The molecule has 0 radical (unpaired) electrons. The molecule has 1 unspecified atom stereocenters. The monoisotopic (exact) mass is 326 g/mol. The predicted octanol–water partition coefficient (Wildman–Crippen LogP) is 2.03. The van der Waals surface area contributed by atoms with Crippen LogP contribution in [0.1, 0.15) is 32.1 Å². The van der Waals surface area contributed by atoms with Crippen LogP contribution in [0.5, 0.6) is 0 Å². The molecular formula is C15H21ClN3O3+. The van der Waals surface area contributed by atoms with Crippen LogP contribution in [0.25, 0.3) is 0 Å². The Bertz CT molecular complexity index is 559. The third-order valence-corrected chi connectivity index (χ3v) is 4.49. The van der Waals surface area contributed by atoms with Gasteiger partial charge in [-0.3, -0.25) is 14.9 Å². The molecule has 1 aliphatic rings. The zero-order valence-corrected chi connectivity index (χ0v) is 13.4. The molecule has 0 saturated heterocycles. The molecular weight excluding hydrogens is 306 g/mol. The normalized spacial score (nSPS) is 17.0. The van der Waals surface area contributed by atoms with Gasteiger partial charge in [-0.1, -0.05) is 18.0 Å². The molecule has 0 bridgehead atoms. The first-order valence-electron chi connectivity index (χ1n) is 7.53. The van der Waals surface area contributed by atoms with E-state index in [0.717, 1.165) is 12.8 Å². The van der Waals surface area contributed by atoms with E-state index in [1.165, 1.54) is 36.3 Å². The van der Waals surface area contributed by atoms with Crippen molar-refractivity contribution in [3.8, 4) is 0 Å². The fourth-order valence-electron chi connectivity index (χ4n) is 2.93. The lowest BCUT2D eigenvalue weighted by molar-refractivity contribution is -0.899. The number of nitro groups is 1. The Morgan fingerprint density at radius 1 is 1.41 bits per heavy atom. The number of hydrogen-bond donors (Lipinski definition) is 2. The van der Waals surface area contributed by atoms with Crippen LogP contribution in [0.2, 0.25) is 5.02 Å². The Kier molecular flexibility index (Phi) is 5.74. The van der Waals surface area contributed by atoms with E-state index in [0.29, 0.717) is 18.3 Å². The van der Waals surface area contributed by atoms with Gasteiger partial charge >= 0.3 is 0 Å². The fourth-order valence-corrected chi connectivity index (χ4v) is 3.12. The first-order valence-corrected chi connectivity index (χ1v) is 7.91. The minimum Gasteiger partial charge on any atom is -0.327 e. The van der Waals surface area contributed by atoms with Gasteiger partial charge in [0.25, 0.3) is 11.6 Å². The van der Waals surface area contributed by atoms with E-state index < -0.39 is 4.92 Å². The highest BCUT2D eigenvalue weighted by Gasteiger charge is 2.23. The lowest BCUT2D eigenvalue weighted by atomic mass is 9.94. The van der Waals surface area contributed by atoms with Gasteiger partial charge in [-0.05, 0) is 37.8 Å². The maximum atomic E-state index is 12.1. The van der Waals surface area contributed by atoms with E-state index in [2.05, 4.69) is 5.32 Å². The molecule has 2 rings (SSSR count). The summed E-state index contributed by atoms with van der Waals surface area (Å²) in [5.74, 6) is -0.139. The zero-order chi connectivity index (χ0) is 16.1. The summed E-state index contributed by atoms with van der Waals surface area (Å²) in [7, 11) is 2.03. The highest BCUT2D eigenvalue weighted by atomic mass is 35.5. The molecule has 1 atom stereocenters. The number of carbonyl (C=O) groups excluding carboxylic acids is 1. The number of nitro benzene ring substituents is 1. The SMILES string of the molecule is C[NH+](CC(=O)Nc1ccc(Cl)c([N+](=O)[O-])c1)C1CCCCC1. The van der Waals surface area contributed by atoms with E-state index in [1.807, 2.05) is 7.05 Å². The molecule has 1 aromatic carbocycles. The smallest absolute Gasteiger partial charge is 0.289 e. The van der Waals surface area contributed by atoms with Gasteiger partial charge in [0.05, 0.1) is 18.0 Å². The molecule has 1 fully saturated rings. The van der Waals surface area contributed by atoms with Gasteiger partial charge in [-0.2, -0.15) is 0 Å². The van der Waals surface area contributed by atoms with Crippen LogP contribution in [-0.2, 0) is 4.79 Å². The van der Waals surface area contributed by atoms with Gasteiger partial charge in [0.15, 0.2) is 6.54 Å². The lowest BCUT2D eigenvalue weighted by Gasteiger charge is -2.27. The van der Waals surface area contributed by atoms with Crippen LogP contribution >= 0.6 is 11.6 Å². The number of likely N-dealkylation sites (N-methyl/N-ethyl adjacent to an activating group) is 1. The number of nitrogens with zero attached hydrogens (tertiary/aromatic N) is 1. The fraction of sp³-hybridized carbons (Fsp3) is 0.533. The summed E-state index contributed by atoms with van der Waals surface area (Å²) in [6, 6.07) is 4.81. The minimum atomic E-state index is -0.558. The molecule has 1 amide bonds. The number of anilines is 1. The Balaban J connectivity index is 1.94. The van der Waals surface area contributed by atoms with E-state index >= 15 is 0 Å². The Labute approximate surface area is 134 Å². The number of rotatable bonds is 5. The number of hydrogen-bond acceptors (Lipinski definition) is 3. The van der Waals surface area contributed by atoms with Crippen molar-refractivity contribution in [2.75, 3.05) is 18.9 Å². The maximum absolute atomic E-state index is 12.1. The second kappa shape index (κ2) is 7.56. The van der Waals surface area contributed by atoms with Gasteiger partial charge in [0.2, 0.25) is 0 Å². The number of amides is 1. The molecule has 0 aliphatic heterocycles. The number of quaternary nitrogens is 1. The summed E-state index contributed by atoms with van der Waals surface area (Å²) in [6.07, 6.45) is 6.06. The summed E-state index contributed by atoms with van der Waals surface area (Å²) in [6.45, 7) is 0.362. The predicted molar refractivity (Wildman–Crippen MR) is 85.4 cm³/mol. The second-order valence-electron chi connectivity index (χ2n) is 5.83. The number of nitrogens with one attached hydrogen (secondary N) is 2. The van der Waals surface area contributed by atoms with E-state index in [4.69, 9.17) is 11.6 Å². The van der Waals surface area contributed by atoms with Gasteiger partial charge in [0, 0.05) is 11.8 Å². The molecule has 7 heteroatoms. The van der Waals surface area contributed by atoms with Gasteiger partial charge in [0.1, 0.15) is 5.02 Å². The topological polar surface area (TPSA) is 76.7 Å². The Morgan fingerprint density at radius 2 is 2.09 bits per heavy atom. The molecule has 1 aromatic rings. The minimum absolute atomic E-state index is 0.0629. The molecule has 120 valence electrons. The molecule has 1 aliphatic carbocycles. The summed E-state index contributed by atoms with van der Waals surface area (Å²) in [4.78, 5) is 23.6. The number of carbonyl (C=O) groups is 1. The van der Waals surface area contributed by atoms with Crippen molar-refractivity contribution in [3.63, 3.8) is 0 Å². The van der Waals surface area contributed by atoms with E-state index in [9.17, 15) is 14.9 Å². The summed E-state index contributed by atoms with van der Waals surface area (Å²) >= 11 is 5.76. The average molecular weight is 327 g/mol. The van der Waals surface area contributed by atoms with Crippen molar-refractivity contribution in [3.05, 3.63) is 33.3 Å². The Morgan fingerprint density at radius 3 is 2.73 bits per heavy atom. The Hall–Kier alpha value is -1.66. The van der Waals surface area contributed by atoms with Crippen molar-refractivity contribution in [1.82, 2.24) is 0 Å². The maximum Gasteiger partial charge on any atom is 0.289 e. The standard InChI is InChI=1S/C15H20ClN3O3/c1-18(12-5-3-2-4-6-12)10-15(20)17-11-7-8-13(16)14(9-11)19(21)22/h7-9,12H,2-6,10H2,1H3,(H,17,20)/p+1. The average Bonchev–Trinajstić information content (AvgIpc) is 2.49. The highest BCUT2D eigenvalue weighted by molar-refractivity contribution is 6.32. The zero-order valence-electron chi connectivity index (χ0n) is 12.6. The first-order chi connectivity index (χ1) is 10.5. The molecule has 0 spiro atoms. The van der Waals surface area contributed by atoms with Crippen LogP contribution in [0.3, 0.4) is 0 Å². The first kappa shape index (κ1) is 16.7. The van der Waals surface area contributed by atoms with Crippen molar-refractivity contribution in [2.45, 2.75) is 38.1 Å². The lowest BCUT2D eigenvalue weighted by Crippen LogP contribution is -3.14. The third-order valence-electron chi connectivity index (χ3n) is 4.17. The molecule has 1 saturated carbocycles. The molecule has 6 nitrogen and oxygen atoms in total. The van der Waals surface area contributed by atoms with Crippen molar-refractivity contribution < 1.29 is 14.6 Å². The van der Waals surface area contributed by atoms with Crippen molar-refractivity contribution in [1.29, 1.82) is 0 Å². The van der Waals surface area contributed by atoms with Crippen molar-refractivity contribution in [2.24, 2.45) is 0 Å². The molecule has 0 heterocycles. The van der Waals surface area contributed by atoms with Crippen molar-refractivity contribution >= 4 is 28.9 Å². The summed E-state index contributed by atoms with van der Waals surface area (Å²) in [5, 5.41) is 13.6.